The van der Waals surface area contributed by atoms with Gasteiger partial charge in [0.2, 0.25) is 0 Å². The highest BCUT2D eigenvalue weighted by atomic mass is 32.1. The first kappa shape index (κ1) is 20.4. The highest BCUT2D eigenvalue weighted by Gasteiger charge is 2.23. The first-order valence-corrected chi connectivity index (χ1v) is 11.3. The molecule has 1 fully saturated rings. The van der Waals surface area contributed by atoms with Gasteiger partial charge in [-0.3, -0.25) is 4.79 Å². The highest BCUT2D eigenvalue weighted by molar-refractivity contribution is 7.18. The fraction of sp³-hybridized carbons (Fsp3) is 0.333. The molecule has 4 rings (SSSR count). The van der Waals surface area contributed by atoms with Gasteiger partial charge in [-0.15, -0.1) is 0 Å². The minimum atomic E-state index is -0.129. The van der Waals surface area contributed by atoms with Crippen molar-refractivity contribution in [2.45, 2.75) is 33.1 Å². The van der Waals surface area contributed by atoms with Crippen LogP contribution in [-0.4, -0.2) is 30.6 Å². The Labute approximate surface area is 181 Å². The van der Waals surface area contributed by atoms with Gasteiger partial charge in [0.25, 0.3) is 5.91 Å². The molecule has 0 saturated carbocycles. The van der Waals surface area contributed by atoms with Crippen molar-refractivity contribution in [3.63, 3.8) is 0 Å². The van der Waals surface area contributed by atoms with Gasteiger partial charge >= 0.3 is 0 Å². The molecule has 5 nitrogen and oxygen atoms in total. The average molecular weight is 422 g/mol. The minimum Gasteiger partial charge on any atom is -0.494 e. The summed E-state index contributed by atoms with van der Waals surface area (Å²) in [4.78, 5) is 21.0. The summed E-state index contributed by atoms with van der Waals surface area (Å²) in [6, 6.07) is 15.7. The van der Waals surface area contributed by atoms with Gasteiger partial charge in [-0.25, -0.2) is 4.98 Å². The molecule has 2 aromatic carbocycles. The number of aromatic nitrogens is 1. The number of carbonyl (C=O) groups is 1. The summed E-state index contributed by atoms with van der Waals surface area (Å²) in [6.07, 6.45) is 3.61. The number of ether oxygens (including phenoxy) is 1. The Morgan fingerprint density at radius 1 is 1.07 bits per heavy atom. The number of nitrogens with one attached hydrogen (secondary N) is 1. The number of piperidine rings is 1. The number of anilines is 2. The molecule has 0 spiro atoms. The Bertz CT molecular complexity index is 990. The summed E-state index contributed by atoms with van der Waals surface area (Å²) in [6.45, 7) is 6.63. The first-order valence-electron chi connectivity index (χ1n) is 10.5. The Morgan fingerprint density at radius 2 is 1.77 bits per heavy atom. The van der Waals surface area contributed by atoms with E-state index < -0.39 is 0 Å². The number of rotatable bonds is 6. The number of nitrogens with zero attached hydrogens (tertiary/aromatic N) is 2. The predicted molar refractivity (Wildman–Crippen MR) is 124 cm³/mol. The van der Waals surface area contributed by atoms with E-state index in [-0.39, 0.29) is 5.91 Å². The molecular formula is C24H27N3O2S. The van der Waals surface area contributed by atoms with E-state index >= 15 is 0 Å². The average Bonchev–Trinajstić information content (AvgIpc) is 3.22. The quantitative estimate of drug-likeness (QED) is 0.550. The van der Waals surface area contributed by atoms with Gasteiger partial charge in [-0.1, -0.05) is 41.2 Å². The van der Waals surface area contributed by atoms with Crippen LogP contribution >= 0.6 is 11.3 Å². The number of amides is 1. The smallest absolute Gasteiger partial charge is 0.268 e. The van der Waals surface area contributed by atoms with Gasteiger partial charge in [0.05, 0.1) is 12.3 Å². The summed E-state index contributed by atoms with van der Waals surface area (Å²) in [7, 11) is 0. The van der Waals surface area contributed by atoms with Gasteiger partial charge < -0.3 is 15.0 Å². The zero-order valence-electron chi connectivity index (χ0n) is 17.5. The van der Waals surface area contributed by atoms with Crippen LogP contribution in [0.5, 0.6) is 5.75 Å². The lowest BCUT2D eigenvalue weighted by Crippen LogP contribution is -2.29. The highest BCUT2D eigenvalue weighted by Crippen LogP contribution is 2.35. The third-order valence-corrected chi connectivity index (χ3v) is 6.31. The van der Waals surface area contributed by atoms with Crippen LogP contribution in [0.15, 0.2) is 48.5 Å². The van der Waals surface area contributed by atoms with Crippen molar-refractivity contribution in [1.82, 2.24) is 4.98 Å². The van der Waals surface area contributed by atoms with Crippen LogP contribution < -0.4 is 15.0 Å². The van der Waals surface area contributed by atoms with E-state index in [2.05, 4.69) is 29.3 Å². The molecule has 3 aromatic rings. The summed E-state index contributed by atoms with van der Waals surface area (Å²) >= 11 is 1.48. The molecule has 0 atom stereocenters. The van der Waals surface area contributed by atoms with Crippen LogP contribution in [0.4, 0.5) is 10.8 Å². The number of benzene rings is 2. The van der Waals surface area contributed by atoms with Gasteiger partial charge in [0.1, 0.15) is 10.6 Å². The predicted octanol–water partition coefficient (Wildman–Crippen LogP) is 5.76. The maximum Gasteiger partial charge on any atom is 0.268 e. The minimum absolute atomic E-state index is 0.129. The van der Waals surface area contributed by atoms with Crippen LogP contribution in [0, 0.1) is 6.92 Å². The second-order valence-corrected chi connectivity index (χ2v) is 8.48. The molecule has 1 amide bonds. The van der Waals surface area contributed by atoms with E-state index in [1.54, 1.807) is 0 Å². The zero-order chi connectivity index (χ0) is 20.9. The number of carbonyl (C=O) groups excluding carboxylic acids is 1. The van der Waals surface area contributed by atoms with Crippen molar-refractivity contribution in [2.75, 3.05) is 29.9 Å². The van der Waals surface area contributed by atoms with Crippen molar-refractivity contribution in [1.29, 1.82) is 0 Å². The van der Waals surface area contributed by atoms with Gasteiger partial charge in [-0.05, 0) is 57.4 Å². The molecule has 6 heteroatoms. The number of hydrogen-bond donors (Lipinski definition) is 1. The maximum absolute atomic E-state index is 13.2. The van der Waals surface area contributed by atoms with Crippen LogP contribution in [0.2, 0.25) is 0 Å². The second-order valence-electron chi connectivity index (χ2n) is 7.50. The Hall–Kier alpha value is -2.86. The topological polar surface area (TPSA) is 54.5 Å². The lowest BCUT2D eigenvalue weighted by Gasteiger charge is -2.25. The van der Waals surface area contributed by atoms with Crippen LogP contribution in [0.25, 0.3) is 11.3 Å². The lowest BCUT2D eigenvalue weighted by atomic mass is 10.1. The largest absolute Gasteiger partial charge is 0.494 e. The van der Waals surface area contributed by atoms with E-state index in [9.17, 15) is 4.79 Å². The standard InChI is InChI=1S/C24H27N3O2S/c1-3-29-20-13-11-19(12-14-20)25-23(28)22-21(18-9-7-17(2)8-10-18)26-24(30-22)27-15-5-4-6-16-27/h7-14H,3-6,15-16H2,1-2H3,(H,25,28). The van der Waals surface area contributed by atoms with Gasteiger partial charge in [0.15, 0.2) is 5.13 Å². The third kappa shape index (κ3) is 4.65. The molecule has 1 aliphatic rings. The Balaban J connectivity index is 1.63. The molecule has 0 bridgehead atoms. The molecule has 2 heterocycles. The van der Waals surface area contributed by atoms with Crippen molar-refractivity contribution in [2.24, 2.45) is 0 Å². The second kappa shape index (κ2) is 9.30. The summed E-state index contributed by atoms with van der Waals surface area (Å²) in [5.41, 5.74) is 3.65. The molecule has 1 N–H and O–H groups in total. The molecule has 0 unspecified atom stereocenters. The molecule has 156 valence electrons. The third-order valence-electron chi connectivity index (χ3n) is 5.20. The summed E-state index contributed by atoms with van der Waals surface area (Å²) in [5, 5.41) is 3.96. The van der Waals surface area contributed by atoms with Gasteiger partial charge in [-0.2, -0.15) is 0 Å². The number of thiazole rings is 1. The summed E-state index contributed by atoms with van der Waals surface area (Å²) in [5.74, 6) is 0.663. The van der Waals surface area contributed by atoms with Crippen LogP contribution in [0.3, 0.4) is 0 Å². The Morgan fingerprint density at radius 3 is 2.43 bits per heavy atom. The molecule has 1 aliphatic heterocycles. The van der Waals surface area contributed by atoms with E-state index in [4.69, 9.17) is 9.72 Å². The number of hydrogen-bond acceptors (Lipinski definition) is 5. The molecule has 30 heavy (non-hydrogen) atoms. The van der Waals surface area contributed by atoms with Gasteiger partial charge in [0, 0.05) is 24.3 Å². The van der Waals surface area contributed by atoms with Crippen LogP contribution in [0.1, 0.15) is 41.4 Å². The van der Waals surface area contributed by atoms with Crippen molar-refractivity contribution >= 4 is 28.1 Å². The van der Waals surface area contributed by atoms with E-state index in [0.717, 1.165) is 40.9 Å². The zero-order valence-corrected chi connectivity index (χ0v) is 18.3. The van der Waals surface area contributed by atoms with Crippen molar-refractivity contribution in [3.05, 3.63) is 59.0 Å². The van der Waals surface area contributed by atoms with E-state index in [0.29, 0.717) is 11.5 Å². The molecule has 1 aromatic heterocycles. The SMILES string of the molecule is CCOc1ccc(NC(=O)c2sc(N3CCCCC3)nc2-c2ccc(C)cc2)cc1. The molecule has 0 aliphatic carbocycles. The lowest BCUT2D eigenvalue weighted by molar-refractivity contribution is 0.103. The van der Waals surface area contributed by atoms with Crippen molar-refractivity contribution in [3.8, 4) is 17.0 Å². The summed E-state index contributed by atoms with van der Waals surface area (Å²) < 4.78 is 5.48. The molecular weight excluding hydrogens is 394 g/mol. The normalized spacial score (nSPS) is 13.9. The molecule has 1 saturated heterocycles. The first-order chi connectivity index (χ1) is 14.6. The maximum atomic E-state index is 13.2. The van der Waals surface area contributed by atoms with E-state index in [1.165, 1.54) is 36.2 Å². The fourth-order valence-electron chi connectivity index (χ4n) is 3.58. The Kier molecular flexibility index (Phi) is 6.33. The fourth-order valence-corrected chi connectivity index (χ4v) is 4.61. The number of aryl methyl sites for hydroxylation is 1. The van der Waals surface area contributed by atoms with E-state index in [1.807, 2.05) is 43.3 Å². The van der Waals surface area contributed by atoms with Crippen molar-refractivity contribution < 1.29 is 9.53 Å². The van der Waals surface area contributed by atoms with Crippen LogP contribution in [-0.2, 0) is 0 Å². The molecule has 0 radical (unpaired) electrons. The monoisotopic (exact) mass is 421 g/mol.